The first kappa shape index (κ1) is 66.9. The van der Waals surface area contributed by atoms with Crippen LogP contribution in [-0.4, -0.2) is 38.6 Å². The van der Waals surface area contributed by atoms with E-state index in [0.29, 0.717) is 5.56 Å². The lowest BCUT2D eigenvalue weighted by atomic mass is 9.85. The number of aromatic nitrogens is 8. The van der Waals surface area contributed by atoms with Crippen LogP contribution in [0.1, 0.15) is 23.0 Å². The minimum atomic E-state index is 0.657. The van der Waals surface area contributed by atoms with Gasteiger partial charge in [0.1, 0.15) is 34.0 Å². The van der Waals surface area contributed by atoms with Gasteiger partial charge in [0.05, 0.1) is 50.8 Å². The van der Waals surface area contributed by atoms with Crippen molar-refractivity contribution in [2.24, 2.45) is 0 Å². The Morgan fingerprint density at radius 2 is 0.607 bits per heavy atom. The SMILES string of the molecule is Cc1nc2cccc3c2n1-c1ccc(-c2c4ccccc4c(-c4ccc(C#N)cc4)c4ccccc24)cc1O3.Cc1nc2cccc3c2n1-c1ccc(-c2c4ccccc4c(-c4cccc5cccnc45)c4ccccc24)cc1O3.Cc1nc2cccc3c2n1-c1ccc(-c2c4ccccc4c(-c4cccnc4)c4ccccc24)cc1O3. The van der Waals surface area contributed by atoms with Gasteiger partial charge in [-0.15, -0.1) is 0 Å². The van der Waals surface area contributed by atoms with Gasteiger partial charge in [0.15, 0.2) is 34.5 Å². The second kappa shape index (κ2) is 26.4. The number of para-hydroxylation sites is 4. The van der Waals surface area contributed by atoms with Gasteiger partial charge in [-0.25, -0.2) is 15.0 Å². The van der Waals surface area contributed by atoms with E-state index in [2.05, 4.69) is 262 Å². The van der Waals surface area contributed by atoms with Crippen LogP contribution in [0.25, 0.3) is 192 Å². The molecule has 0 saturated heterocycles. The summed E-state index contributed by atoms with van der Waals surface area (Å²) in [6, 6.07) is 114. The molecule has 8 heterocycles. The Labute approximate surface area is 670 Å². The lowest BCUT2D eigenvalue weighted by Crippen LogP contribution is -2.05. The standard InChI is InChI=1S/C37H23N3O.C35H21N3O.C33H21N3O/c1-22-39-30-16-7-17-32-37(30)40(22)31-19-18-24(21-33(31)41-32)34-25-11-2-4-13-27(25)35(28-14-5-3-12-26(28)34)29-15-6-9-23-10-8-20-38-36(23)29;1-21-37-29-11-6-12-31-35(29)38(21)30-18-17-24(19-32(30)39-31)34-27-9-4-2-7-25(27)33(26-8-3-5-10-28(26)34)23-15-13-22(20-36)14-16-23;1-20-35-27-13-6-14-29-33(27)36(20)28-16-15-21(18-30(28)37-29)31-23-9-2-4-11-25(23)32(22-8-7-17-34-19-22)26-12-5-3-10-24(26)31/h2-21H,1H3;2-19H,1H3;2-19H,1H3. The largest absolute Gasteiger partial charge is 0.453 e. The van der Waals surface area contributed by atoms with Crippen molar-refractivity contribution in [1.82, 2.24) is 38.6 Å². The highest BCUT2D eigenvalue weighted by Crippen LogP contribution is 2.53. The number of benzene rings is 17. The average Bonchev–Trinajstić information content (AvgIpc) is 1.59. The van der Waals surface area contributed by atoms with Crippen molar-refractivity contribution >= 4 is 109 Å². The summed E-state index contributed by atoms with van der Waals surface area (Å²) in [7, 11) is 0. The summed E-state index contributed by atoms with van der Waals surface area (Å²) in [6.07, 6.45) is 5.65. The van der Waals surface area contributed by atoms with Gasteiger partial charge in [0.25, 0.3) is 0 Å². The molecule has 12 heteroatoms. The highest BCUT2D eigenvalue weighted by atomic mass is 16.5. The van der Waals surface area contributed by atoms with Crippen LogP contribution < -0.4 is 14.2 Å². The number of nitriles is 1. The van der Waals surface area contributed by atoms with Crippen LogP contribution in [0.5, 0.6) is 34.5 Å². The van der Waals surface area contributed by atoms with Crippen molar-refractivity contribution in [2.75, 3.05) is 0 Å². The number of fused-ring (bicyclic) bond motifs is 13. The molecular weight excluding hydrogens is 1440 g/mol. The summed E-state index contributed by atoms with van der Waals surface area (Å²) in [4.78, 5) is 23.5. The maximum Gasteiger partial charge on any atom is 0.153 e. The highest BCUT2D eigenvalue weighted by molar-refractivity contribution is 6.25. The minimum Gasteiger partial charge on any atom is -0.453 e. The molecule has 117 heavy (non-hydrogen) atoms. The van der Waals surface area contributed by atoms with Crippen LogP contribution in [0, 0.1) is 32.1 Å². The van der Waals surface area contributed by atoms with E-state index in [1.54, 1.807) is 0 Å². The van der Waals surface area contributed by atoms with Crippen molar-refractivity contribution < 1.29 is 14.2 Å². The molecule has 0 amide bonds. The fourth-order valence-corrected chi connectivity index (χ4v) is 18.7. The predicted molar refractivity (Wildman–Crippen MR) is 473 cm³/mol. The summed E-state index contributed by atoms with van der Waals surface area (Å²) in [6.45, 7) is 6.13. The van der Waals surface area contributed by atoms with Gasteiger partial charge in [-0.05, 0) is 238 Å². The van der Waals surface area contributed by atoms with Gasteiger partial charge in [0.2, 0.25) is 0 Å². The summed E-state index contributed by atoms with van der Waals surface area (Å²) >= 11 is 0. The summed E-state index contributed by atoms with van der Waals surface area (Å²) in [5.41, 5.74) is 24.5. The molecule has 0 spiro atoms. The third-order valence-electron chi connectivity index (χ3n) is 23.5. The van der Waals surface area contributed by atoms with E-state index in [9.17, 15) is 5.26 Å². The monoisotopic (exact) mass is 1500 g/mol. The number of imidazole rings is 3. The highest BCUT2D eigenvalue weighted by Gasteiger charge is 2.30. The van der Waals surface area contributed by atoms with Crippen LogP contribution >= 0.6 is 0 Å². The molecule has 0 N–H and O–H groups in total. The molecular formula is C105H65N9O3. The molecule has 0 saturated carbocycles. The van der Waals surface area contributed by atoms with Crippen molar-refractivity contribution in [2.45, 2.75) is 20.8 Å². The van der Waals surface area contributed by atoms with E-state index >= 15 is 0 Å². The Morgan fingerprint density at radius 1 is 0.282 bits per heavy atom. The fraction of sp³-hybridized carbons (Fsp3) is 0.0286. The van der Waals surface area contributed by atoms with Crippen LogP contribution in [-0.2, 0) is 0 Å². The van der Waals surface area contributed by atoms with Gasteiger partial charge >= 0.3 is 0 Å². The Bertz CT molecular complexity index is 7870. The predicted octanol–water partition coefficient (Wildman–Crippen LogP) is 27.1. The van der Waals surface area contributed by atoms with E-state index in [1.165, 1.54) is 98.0 Å². The Hall–Kier alpha value is -15.8. The molecule has 3 aliphatic heterocycles. The van der Waals surface area contributed by atoms with Gasteiger partial charge in [-0.1, -0.05) is 224 Å². The summed E-state index contributed by atoms with van der Waals surface area (Å²) < 4.78 is 26.1. The molecule has 12 nitrogen and oxygen atoms in total. The number of nitrogens with zero attached hydrogens (tertiary/aromatic N) is 9. The maximum absolute atomic E-state index is 9.32. The molecule has 0 radical (unpaired) electrons. The molecule has 0 fully saturated rings. The topological polar surface area (TPSA) is 131 Å². The average molecular weight is 1500 g/mol. The Morgan fingerprint density at radius 3 is 0.966 bits per heavy atom. The quantitative estimate of drug-likeness (QED) is 0.149. The molecule has 17 aromatic carbocycles. The van der Waals surface area contributed by atoms with Gasteiger partial charge < -0.3 is 14.2 Å². The van der Waals surface area contributed by atoms with Gasteiger partial charge in [0, 0.05) is 35.1 Å². The van der Waals surface area contributed by atoms with Crippen LogP contribution in [0.3, 0.4) is 0 Å². The van der Waals surface area contributed by atoms with Crippen LogP contribution in [0.4, 0.5) is 0 Å². The molecule has 0 aliphatic carbocycles. The van der Waals surface area contributed by atoms with Crippen molar-refractivity contribution in [1.29, 1.82) is 5.26 Å². The van der Waals surface area contributed by atoms with Crippen LogP contribution in [0.15, 0.2) is 340 Å². The van der Waals surface area contributed by atoms with Gasteiger partial charge in [-0.3, -0.25) is 23.7 Å². The fourth-order valence-electron chi connectivity index (χ4n) is 18.7. The van der Waals surface area contributed by atoms with E-state index in [-0.39, 0.29) is 0 Å². The first-order valence-corrected chi connectivity index (χ1v) is 39.2. The summed E-state index contributed by atoms with van der Waals surface area (Å²) in [5, 5.41) is 24.8. The first-order valence-electron chi connectivity index (χ1n) is 39.2. The number of hydrogen-bond donors (Lipinski definition) is 0. The molecule has 0 atom stereocenters. The summed E-state index contributed by atoms with van der Waals surface area (Å²) in [5.74, 6) is 7.83. The molecule has 22 aromatic rings. The molecule has 5 aromatic heterocycles. The molecule has 0 bridgehead atoms. The third-order valence-corrected chi connectivity index (χ3v) is 23.5. The zero-order chi connectivity index (χ0) is 77.7. The lowest BCUT2D eigenvalue weighted by Gasteiger charge is -2.22. The molecule has 25 rings (SSSR count). The maximum atomic E-state index is 9.32. The lowest BCUT2D eigenvalue weighted by molar-refractivity contribution is 0.475. The minimum absolute atomic E-state index is 0.657. The first-order chi connectivity index (χ1) is 57.7. The number of aryl methyl sites for hydroxylation is 3. The second-order valence-electron chi connectivity index (χ2n) is 30.0. The van der Waals surface area contributed by atoms with Crippen molar-refractivity contribution in [3.05, 3.63) is 363 Å². The molecule has 548 valence electrons. The van der Waals surface area contributed by atoms with Crippen LogP contribution in [0.2, 0.25) is 0 Å². The number of rotatable bonds is 6. The van der Waals surface area contributed by atoms with E-state index < -0.39 is 0 Å². The van der Waals surface area contributed by atoms with Crippen molar-refractivity contribution in [3.8, 4) is 124 Å². The number of hydrogen-bond acceptors (Lipinski definition) is 9. The Kier molecular flexibility index (Phi) is 15.1. The molecule has 3 aliphatic rings. The number of ether oxygens (including phenoxy) is 3. The smallest absolute Gasteiger partial charge is 0.153 e. The second-order valence-corrected chi connectivity index (χ2v) is 30.0. The Balaban J connectivity index is 0.000000103. The number of pyridine rings is 2. The van der Waals surface area contributed by atoms with E-state index in [1.807, 2.05) is 123 Å². The third kappa shape index (κ3) is 10.4. The van der Waals surface area contributed by atoms with Gasteiger partial charge in [-0.2, -0.15) is 5.26 Å². The van der Waals surface area contributed by atoms with Crippen molar-refractivity contribution in [3.63, 3.8) is 0 Å². The normalized spacial score (nSPS) is 12.1. The molecule has 0 unspecified atom stereocenters. The van der Waals surface area contributed by atoms with E-state index in [0.717, 1.165) is 146 Å². The zero-order valence-corrected chi connectivity index (χ0v) is 63.6. The van der Waals surface area contributed by atoms with E-state index in [4.69, 9.17) is 34.1 Å². The zero-order valence-electron chi connectivity index (χ0n) is 63.6.